The number of hydrogen-bond acceptors (Lipinski definition) is 3. The standard InChI is InChI=1S/C5H13N3O/c1-3-7-8-5(9)4-6-2/h6-7H,3-4H2,1-2H3,(H,8,9). The Bertz CT molecular complexity index is 84.3. The van der Waals surface area contributed by atoms with Crippen LogP contribution in [0.2, 0.25) is 0 Å². The Morgan fingerprint density at radius 2 is 2.22 bits per heavy atom. The molecule has 0 radical (unpaired) electrons. The Balaban J connectivity index is 3.06. The first-order valence-electron chi connectivity index (χ1n) is 2.97. The lowest BCUT2D eigenvalue weighted by atomic mass is 10.6. The van der Waals surface area contributed by atoms with Crippen molar-refractivity contribution in [1.29, 1.82) is 0 Å². The van der Waals surface area contributed by atoms with Crippen LogP contribution in [0, 0.1) is 0 Å². The fraction of sp³-hybridized carbons (Fsp3) is 0.800. The zero-order valence-corrected chi connectivity index (χ0v) is 5.82. The summed E-state index contributed by atoms with van der Waals surface area (Å²) in [7, 11) is 1.73. The molecule has 54 valence electrons. The molecular formula is C5H13N3O. The third-order valence-electron chi connectivity index (χ3n) is 0.742. The summed E-state index contributed by atoms with van der Waals surface area (Å²) in [5.41, 5.74) is 5.18. The molecule has 1 amide bonds. The molecule has 0 atom stereocenters. The summed E-state index contributed by atoms with van der Waals surface area (Å²) in [5, 5.41) is 2.72. The highest BCUT2D eigenvalue weighted by Gasteiger charge is 1.93. The first-order chi connectivity index (χ1) is 4.31. The highest BCUT2D eigenvalue weighted by atomic mass is 16.2. The van der Waals surface area contributed by atoms with Gasteiger partial charge in [0.2, 0.25) is 5.91 Å². The average Bonchev–Trinajstić information content (AvgIpc) is 1.85. The fourth-order valence-electron chi connectivity index (χ4n) is 0.392. The summed E-state index contributed by atoms with van der Waals surface area (Å²) in [4.78, 5) is 10.6. The van der Waals surface area contributed by atoms with Crippen molar-refractivity contribution >= 4 is 5.91 Å². The van der Waals surface area contributed by atoms with Crippen molar-refractivity contribution in [2.75, 3.05) is 20.1 Å². The average molecular weight is 131 g/mol. The smallest absolute Gasteiger partial charge is 0.248 e. The van der Waals surface area contributed by atoms with Gasteiger partial charge in [-0.3, -0.25) is 10.2 Å². The largest absolute Gasteiger partial charge is 0.311 e. The van der Waals surface area contributed by atoms with Crippen LogP contribution in [-0.2, 0) is 4.79 Å². The molecule has 0 bridgehead atoms. The van der Waals surface area contributed by atoms with Crippen LogP contribution < -0.4 is 16.2 Å². The van der Waals surface area contributed by atoms with E-state index < -0.39 is 0 Å². The van der Waals surface area contributed by atoms with E-state index in [0.717, 1.165) is 6.54 Å². The van der Waals surface area contributed by atoms with Crippen LogP contribution in [-0.4, -0.2) is 26.0 Å². The van der Waals surface area contributed by atoms with Crippen LogP contribution >= 0.6 is 0 Å². The van der Waals surface area contributed by atoms with Crippen LogP contribution in [0.4, 0.5) is 0 Å². The summed E-state index contributed by atoms with van der Waals surface area (Å²) < 4.78 is 0. The summed E-state index contributed by atoms with van der Waals surface area (Å²) >= 11 is 0. The highest BCUT2D eigenvalue weighted by Crippen LogP contribution is 1.55. The van der Waals surface area contributed by atoms with Gasteiger partial charge in [-0.15, -0.1) is 0 Å². The van der Waals surface area contributed by atoms with Crippen molar-refractivity contribution in [2.45, 2.75) is 6.92 Å². The third kappa shape index (κ3) is 5.26. The van der Waals surface area contributed by atoms with E-state index in [1.165, 1.54) is 0 Å². The van der Waals surface area contributed by atoms with Gasteiger partial charge in [-0.05, 0) is 7.05 Å². The predicted molar refractivity (Wildman–Crippen MR) is 35.7 cm³/mol. The SMILES string of the molecule is CCNNC(=O)CNC. The van der Waals surface area contributed by atoms with Gasteiger partial charge in [0.05, 0.1) is 6.54 Å². The summed E-state index contributed by atoms with van der Waals surface area (Å²) in [6, 6.07) is 0. The molecule has 4 heteroatoms. The minimum Gasteiger partial charge on any atom is -0.311 e. The molecule has 0 fully saturated rings. The first-order valence-corrected chi connectivity index (χ1v) is 2.97. The molecule has 0 aliphatic heterocycles. The number of carbonyl (C=O) groups excluding carboxylic acids is 1. The van der Waals surface area contributed by atoms with Gasteiger partial charge < -0.3 is 5.32 Å². The van der Waals surface area contributed by atoms with Crippen molar-refractivity contribution < 1.29 is 4.79 Å². The number of rotatable bonds is 4. The van der Waals surface area contributed by atoms with Gasteiger partial charge >= 0.3 is 0 Å². The van der Waals surface area contributed by atoms with E-state index in [1.54, 1.807) is 7.05 Å². The molecule has 0 saturated carbocycles. The Labute approximate surface area is 55.0 Å². The molecule has 3 N–H and O–H groups in total. The summed E-state index contributed by atoms with van der Waals surface area (Å²) in [5.74, 6) is -0.0423. The van der Waals surface area contributed by atoms with Crippen molar-refractivity contribution in [3.63, 3.8) is 0 Å². The first kappa shape index (κ1) is 8.39. The van der Waals surface area contributed by atoms with Gasteiger partial charge in [-0.25, -0.2) is 5.43 Å². The van der Waals surface area contributed by atoms with E-state index in [9.17, 15) is 4.79 Å². The van der Waals surface area contributed by atoms with Gasteiger partial charge in [0, 0.05) is 6.54 Å². The molecule has 0 aromatic rings. The zero-order valence-electron chi connectivity index (χ0n) is 5.82. The van der Waals surface area contributed by atoms with E-state index in [-0.39, 0.29) is 5.91 Å². The maximum atomic E-state index is 10.6. The number of hydrazine groups is 1. The zero-order chi connectivity index (χ0) is 7.11. The lowest BCUT2D eigenvalue weighted by Crippen LogP contribution is -2.41. The van der Waals surface area contributed by atoms with Crippen molar-refractivity contribution in [1.82, 2.24) is 16.2 Å². The number of likely N-dealkylation sites (N-methyl/N-ethyl adjacent to an activating group) is 1. The lowest BCUT2D eigenvalue weighted by Gasteiger charge is -2.02. The van der Waals surface area contributed by atoms with Gasteiger partial charge in [0.25, 0.3) is 0 Å². The van der Waals surface area contributed by atoms with E-state index >= 15 is 0 Å². The second-order valence-corrected chi connectivity index (χ2v) is 1.61. The number of nitrogens with one attached hydrogen (secondary N) is 3. The van der Waals surface area contributed by atoms with Crippen LogP contribution in [0.1, 0.15) is 6.92 Å². The molecule has 9 heavy (non-hydrogen) atoms. The van der Waals surface area contributed by atoms with Gasteiger partial charge in [-0.1, -0.05) is 6.92 Å². The Kier molecular flexibility index (Phi) is 5.15. The van der Waals surface area contributed by atoms with E-state index in [2.05, 4.69) is 16.2 Å². The number of carbonyl (C=O) groups is 1. The number of amides is 1. The molecule has 0 heterocycles. The topological polar surface area (TPSA) is 53.2 Å². The monoisotopic (exact) mass is 131 g/mol. The molecule has 4 nitrogen and oxygen atoms in total. The lowest BCUT2D eigenvalue weighted by molar-refractivity contribution is -0.121. The van der Waals surface area contributed by atoms with E-state index in [4.69, 9.17) is 0 Å². The van der Waals surface area contributed by atoms with Crippen molar-refractivity contribution in [2.24, 2.45) is 0 Å². The van der Waals surface area contributed by atoms with Crippen LogP contribution in [0.25, 0.3) is 0 Å². The normalized spacial score (nSPS) is 9.11. The second kappa shape index (κ2) is 5.53. The summed E-state index contributed by atoms with van der Waals surface area (Å²) in [6.07, 6.45) is 0. The van der Waals surface area contributed by atoms with E-state index in [0.29, 0.717) is 6.54 Å². The molecule has 0 unspecified atom stereocenters. The van der Waals surface area contributed by atoms with Gasteiger partial charge in [-0.2, -0.15) is 0 Å². The predicted octanol–water partition coefficient (Wildman–Crippen LogP) is -1.15. The Hall–Kier alpha value is -0.610. The minimum absolute atomic E-state index is 0.0423. The van der Waals surface area contributed by atoms with Crippen LogP contribution in [0.5, 0.6) is 0 Å². The van der Waals surface area contributed by atoms with E-state index in [1.807, 2.05) is 6.92 Å². The molecule has 0 spiro atoms. The molecule has 0 aromatic heterocycles. The Morgan fingerprint density at radius 1 is 1.56 bits per heavy atom. The van der Waals surface area contributed by atoms with Gasteiger partial charge in [0.15, 0.2) is 0 Å². The second-order valence-electron chi connectivity index (χ2n) is 1.61. The van der Waals surface area contributed by atoms with Crippen molar-refractivity contribution in [3.8, 4) is 0 Å². The Morgan fingerprint density at radius 3 is 2.67 bits per heavy atom. The minimum atomic E-state index is -0.0423. The maximum Gasteiger partial charge on any atom is 0.248 e. The van der Waals surface area contributed by atoms with Gasteiger partial charge in [0.1, 0.15) is 0 Å². The fourth-order valence-corrected chi connectivity index (χ4v) is 0.392. The van der Waals surface area contributed by atoms with Crippen LogP contribution in [0.3, 0.4) is 0 Å². The maximum absolute atomic E-state index is 10.6. The molecule has 0 aromatic carbocycles. The summed E-state index contributed by atoms with van der Waals surface area (Å²) in [6.45, 7) is 3.02. The molecule has 0 saturated heterocycles. The highest BCUT2D eigenvalue weighted by molar-refractivity contribution is 5.77. The molecule has 0 rings (SSSR count). The number of hydrogen-bond donors (Lipinski definition) is 3. The quantitative estimate of drug-likeness (QED) is 0.422. The molecule has 0 aliphatic rings. The third-order valence-corrected chi connectivity index (χ3v) is 0.742. The molecule has 0 aliphatic carbocycles. The van der Waals surface area contributed by atoms with Crippen molar-refractivity contribution in [3.05, 3.63) is 0 Å². The van der Waals surface area contributed by atoms with Crippen LogP contribution in [0.15, 0.2) is 0 Å². The molecular weight excluding hydrogens is 118 g/mol.